The SMILES string of the molecule is COc1cc(C(CC(=O)O)NC(=O)CNC(=O)c2cccc(N=C(N)N)c2)cc(Br)c1OC.O=CC(F)(F)F. The second-order valence-electron chi connectivity index (χ2n) is 7.39. The van der Waals surface area contributed by atoms with Crippen molar-refractivity contribution in [2.45, 2.75) is 18.6 Å². The molecule has 0 saturated heterocycles. The minimum atomic E-state index is -4.64. The molecule has 2 amide bonds. The summed E-state index contributed by atoms with van der Waals surface area (Å²) in [4.78, 5) is 48.8. The lowest BCUT2D eigenvalue weighted by Crippen LogP contribution is -2.39. The van der Waals surface area contributed by atoms with Crippen molar-refractivity contribution in [3.05, 3.63) is 52.0 Å². The highest BCUT2D eigenvalue weighted by atomic mass is 79.9. The van der Waals surface area contributed by atoms with E-state index in [9.17, 15) is 32.7 Å². The summed E-state index contributed by atoms with van der Waals surface area (Å²) >= 11 is 3.35. The molecule has 0 aliphatic carbocycles. The quantitative estimate of drug-likeness (QED) is 0.150. The van der Waals surface area contributed by atoms with Gasteiger partial charge in [-0.05, 0) is 51.8 Å². The van der Waals surface area contributed by atoms with Crippen LogP contribution in [0.4, 0.5) is 18.9 Å². The Balaban J connectivity index is 0.00000113. The molecule has 7 N–H and O–H groups in total. The number of benzene rings is 2. The molecular formula is C23H25BrF3N5O7. The van der Waals surface area contributed by atoms with Gasteiger partial charge in [-0.3, -0.25) is 19.2 Å². The van der Waals surface area contributed by atoms with Gasteiger partial charge < -0.3 is 36.7 Å². The van der Waals surface area contributed by atoms with Crippen molar-refractivity contribution in [2.24, 2.45) is 16.5 Å². The zero-order valence-corrected chi connectivity index (χ0v) is 22.1. The molecule has 1 unspecified atom stereocenters. The van der Waals surface area contributed by atoms with E-state index in [2.05, 4.69) is 31.6 Å². The average Bonchev–Trinajstić information content (AvgIpc) is 2.85. The van der Waals surface area contributed by atoms with Crippen LogP contribution >= 0.6 is 15.9 Å². The van der Waals surface area contributed by atoms with E-state index in [4.69, 9.17) is 25.7 Å². The average molecular weight is 620 g/mol. The molecule has 0 heterocycles. The molecular weight excluding hydrogens is 595 g/mol. The van der Waals surface area contributed by atoms with Crippen LogP contribution in [-0.4, -0.2) is 62.1 Å². The summed E-state index contributed by atoms with van der Waals surface area (Å²) in [5.74, 6) is -1.59. The predicted molar refractivity (Wildman–Crippen MR) is 137 cm³/mol. The molecule has 2 aromatic rings. The van der Waals surface area contributed by atoms with E-state index in [1.165, 1.54) is 26.4 Å². The normalized spacial score (nSPS) is 11.1. The number of guanidine groups is 1. The van der Waals surface area contributed by atoms with Crippen molar-refractivity contribution in [1.29, 1.82) is 0 Å². The Morgan fingerprint density at radius 3 is 2.31 bits per heavy atom. The molecule has 0 aromatic heterocycles. The van der Waals surface area contributed by atoms with Gasteiger partial charge in [0.25, 0.3) is 5.91 Å². The first-order valence-electron chi connectivity index (χ1n) is 10.6. The van der Waals surface area contributed by atoms with Gasteiger partial charge in [0.1, 0.15) is 0 Å². The zero-order valence-electron chi connectivity index (χ0n) is 20.5. The number of aliphatic imine (C=N–C) groups is 1. The second-order valence-corrected chi connectivity index (χ2v) is 8.24. The maximum absolute atomic E-state index is 12.5. The molecule has 0 bridgehead atoms. The van der Waals surface area contributed by atoms with Crippen molar-refractivity contribution >= 4 is 51.6 Å². The Morgan fingerprint density at radius 1 is 1.15 bits per heavy atom. The van der Waals surface area contributed by atoms with Crippen LogP contribution in [0.15, 0.2) is 45.9 Å². The summed E-state index contributed by atoms with van der Waals surface area (Å²) in [6.07, 6.45) is -6.09. The summed E-state index contributed by atoms with van der Waals surface area (Å²) < 4.78 is 42.3. The number of halogens is 4. The monoisotopic (exact) mass is 619 g/mol. The lowest BCUT2D eigenvalue weighted by molar-refractivity contribution is -0.156. The van der Waals surface area contributed by atoms with Gasteiger partial charge in [0.15, 0.2) is 17.5 Å². The first-order chi connectivity index (χ1) is 18.2. The molecule has 212 valence electrons. The maximum Gasteiger partial charge on any atom is 0.446 e. The van der Waals surface area contributed by atoms with Gasteiger partial charge in [0.2, 0.25) is 12.2 Å². The number of carboxylic acids is 1. The number of methoxy groups -OCH3 is 2. The van der Waals surface area contributed by atoms with Crippen molar-refractivity contribution in [3.8, 4) is 11.5 Å². The number of alkyl halides is 3. The van der Waals surface area contributed by atoms with Crippen molar-refractivity contribution < 1.29 is 46.9 Å². The molecule has 0 fully saturated rings. The van der Waals surface area contributed by atoms with E-state index >= 15 is 0 Å². The molecule has 1 atom stereocenters. The molecule has 2 rings (SSSR count). The van der Waals surface area contributed by atoms with E-state index in [-0.39, 0.29) is 24.5 Å². The molecule has 0 saturated carbocycles. The Hall–Kier alpha value is -4.34. The van der Waals surface area contributed by atoms with E-state index in [1.54, 1.807) is 24.3 Å². The number of ether oxygens (including phenoxy) is 2. The van der Waals surface area contributed by atoms with Crippen LogP contribution in [0.2, 0.25) is 0 Å². The predicted octanol–water partition coefficient (Wildman–Crippen LogP) is 2.18. The van der Waals surface area contributed by atoms with Crippen LogP contribution in [0.3, 0.4) is 0 Å². The topological polar surface area (TPSA) is 195 Å². The lowest BCUT2D eigenvalue weighted by atomic mass is 10.0. The molecule has 0 aliphatic heterocycles. The minimum absolute atomic E-state index is 0.154. The van der Waals surface area contributed by atoms with Gasteiger partial charge in [-0.25, -0.2) is 4.99 Å². The number of amides is 2. The molecule has 0 radical (unpaired) electrons. The van der Waals surface area contributed by atoms with Crippen molar-refractivity contribution in [1.82, 2.24) is 10.6 Å². The smallest absolute Gasteiger partial charge is 0.446 e. The summed E-state index contributed by atoms with van der Waals surface area (Å²) in [6, 6.07) is 8.52. The molecule has 2 aromatic carbocycles. The van der Waals surface area contributed by atoms with E-state index in [1.807, 2.05) is 0 Å². The molecule has 12 nitrogen and oxygen atoms in total. The van der Waals surface area contributed by atoms with Crippen LogP contribution in [0, 0.1) is 0 Å². The fourth-order valence-corrected chi connectivity index (χ4v) is 3.56. The summed E-state index contributed by atoms with van der Waals surface area (Å²) in [7, 11) is 2.91. The van der Waals surface area contributed by atoms with Gasteiger partial charge in [0, 0.05) is 5.56 Å². The summed E-state index contributed by atoms with van der Waals surface area (Å²) in [5, 5.41) is 14.4. The number of carbonyl (C=O) groups excluding carboxylic acids is 3. The van der Waals surface area contributed by atoms with Gasteiger partial charge >= 0.3 is 12.1 Å². The lowest BCUT2D eigenvalue weighted by Gasteiger charge is -2.20. The zero-order chi connectivity index (χ0) is 29.8. The van der Waals surface area contributed by atoms with Crippen molar-refractivity contribution in [3.63, 3.8) is 0 Å². The molecule has 16 heteroatoms. The van der Waals surface area contributed by atoms with Gasteiger partial charge in [-0.1, -0.05) is 6.07 Å². The number of nitrogens with two attached hydrogens (primary N) is 2. The van der Waals surface area contributed by atoms with E-state index < -0.39 is 36.3 Å². The molecule has 0 spiro atoms. The van der Waals surface area contributed by atoms with E-state index in [0.717, 1.165) is 0 Å². The van der Waals surface area contributed by atoms with Crippen LogP contribution in [0.25, 0.3) is 0 Å². The van der Waals surface area contributed by atoms with Gasteiger partial charge in [-0.15, -0.1) is 0 Å². The number of carbonyl (C=O) groups is 4. The summed E-state index contributed by atoms with van der Waals surface area (Å²) in [5.41, 5.74) is 11.8. The second kappa shape index (κ2) is 15.2. The first kappa shape index (κ1) is 32.7. The fourth-order valence-electron chi connectivity index (χ4n) is 2.94. The number of rotatable bonds is 10. The number of aldehydes is 1. The highest BCUT2D eigenvalue weighted by Gasteiger charge is 2.25. The first-order valence-corrected chi connectivity index (χ1v) is 11.4. The Morgan fingerprint density at radius 2 is 1.79 bits per heavy atom. The third-order valence-electron chi connectivity index (χ3n) is 4.48. The highest BCUT2D eigenvalue weighted by molar-refractivity contribution is 9.10. The number of hydrogen-bond acceptors (Lipinski definition) is 7. The number of carboxylic acid groups (broad SMARTS) is 1. The van der Waals surface area contributed by atoms with Crippen molar-refractivity contribution in [2.75, 3.05) is 20.8 Å². The van der Waals surface area contributed by atoms with Crippen LogP contribution < -0.4 is 31.6 Å². The van der Waals surface area contributed by atoms with E-state index in [0.29, 0.717) is 27.2 Å². The summed E-state index contributed by atoms with van der Waals surface area (Å²) in [6.45, 7) is -0.379. The Bertz CT molecular complexity index is 1220. The third kappa shape index (κ3) is 11.7. The number of nitrogens with one attached hydrogen (secondary N) is 2. The van der Waals surface area contributed by atoms with Crippen LogP contribution in [-0.2, 0) is 14.4 Å². The molecule has 0 aliphatic rings. The number of hydrogen-bond donors (Lipinski definition) is 5. The standard InChI is InChI=1S/C21H24BrN5O6.C2HF3O/c1-32-16-8-12(7-14(22)19(16)33-2)15(9-18(29)30)27-17(28)10-25-20(31)11-4-3-5-13(6-11)26-21(23)24;3-2(4,5)1-6/h3-8,15H,9-10H2,1-2H3,(H,25,31)(H,27,28)(H,29,30)(H4,23,24,26);1H. The molecule has 39 heavy (non-hydrogen) atoms. The Kier molecular flexibility index (Phi) is 12.7. The largest absolute Gasteiger partial charge is 0.493 e. The van der Waals surface area contributed by atoms with Gasteiger partial charge in [0.05, 0.1) is 43.4 Å². The third-order valence-corrected chi connectivity index (χ3v) is 5.07. The van der Waals surface area contributed by atoms with Crippen LogP contribution in [0.1, 0.15) is 28.4 Å². The van der Waals surface area contributed by atoms with Crippen LogP contribution in [0.5, 0.6) is 11.5 Å². The highest BCUT2D eigenvalue weighted by Crippen LogP contribution is 2.38. The number of aliphatic carboxylic acids is 1. The number of nitrogens with zero attached hydrogens (tertiary/aromatic N) is 1. The maximum atomic E-state index is 12.5. The minimum Gasteiger partial charge on any atom is -0.493 e. The van der Waals surface area contributed by atoms with Gasteiger partial charge in [-0.2, -0.15) is 13.2 Å². The Labute approximate surface area is 228 Å². The fraction of sp³-hybridized carbons (Fsp3) is 0.261.